The van der Waals surface area contributed by atoms with Crippen LogP contribution in [0.3, 0.4) is 0 Å². The van der Waals surface area contributed by atoms with E-state index in [4.69, 9.17) is 4.74 Å². The van der Waals surface area contributed by atoms with E-state index >= 15 is 0 Å². The van der Waals surface area contributed by atoms with Crippen LogP contribution in [-0.2, 0) is 10.9 Å². The number of aromatic nitrogens is 3. The van der Waals surface area contributed by atoms with Gasteiger partial charge in [0.15, 0.2) is 0 Å². The average Bonchev–Trinajstić information content (AvgIpc) is 3.57. The van der Waals surface area contributed by atoms with Crippen LogP contribution < -0.4 is 31.1 Å². The fourth-order valence-corrected chi connectivity index (χ4v) is 3.89. The largest absolute Gasteiger partial charge is 0.457 e. The highest BCUT2D eigenvalue weighted by molar-refractivity contribution is 6.01. The van der Waals surface area contributed by atoms with Gasteiger partial charge in [0.25, 0.3) is 0 Å². The van der Waals surface area contributed by atoms with Crippen LogP contribution in [0.25, 0.3) is 5.69 Å². The van der Waals surface area contributed by atoms with E-state index in [1.165, 1.54) is 42.4 Å². The van der Waals surface area contributed by atoms with Gasteiger partial charge >= 0.3 is 18.3 Å². The Labute approximate surface area is 229 Å². The number of alkyl halides is 3. The molecule has 3 aromatic carbocycles. The molecule has 3 amide bonds. The standard InChI is InChI=1S/C25H21F3N8O5/c1-40-24(38)33-22-31-19-13-17(7-9-21(19)36(22)39)41-16-5-3-15(4-6-16)30-23(37)32-18-12-14(25(26,27)28)2-8-20(18)35-11-10-29-34-35/h2-13,22,31,39H,1H3,(H,33,38)(H2,30,32,37). The number of hydroxylamine groups is 1. The highest BCUT2D eigenvalue weighted by Gasteiger charge is 2.32. The van der Waals surface area contributed by atoms with Gasteiger partial charge in [0.05, 0.1) is 47.8 Å². The third kappa shape index (κ3) is 6.06. The Morgan fingerprint density at radius 1 is 1.00 bits per heavy atom. The number of ether oxygens (including phenoxy) is 2. The Kier molecular flexibility index (Phi) is 7.22. The summed E-state index contributed by atoms with van der Waals surface area (Å²) in [6.45, 7) is 0. The molecule has 0 saturated heterocycles. The normalized spacial score (nSPS) is 14.1. The van der Waals surface area contributed by atoms with Crippen molar-refractivity contribution in [2.75, 3.05) is 28.1 Å². The molecule has 5 N–H and O–H groups in total. The van der Waals surface area contributed by atoms with Gasteiger partial charge in [-0.15, -0.1) is 5.10 Å². The van der Waals surface area contributed by atoms with Gasteiger partial charge in [-0.1, -0.05) is 5.21 Å². The molecule has 0 saturated carbocycles. The van der Waals surface area contributed by atoms with E-state index < -0.39 is 30.2 Å². The molecule has 1 unspecified atom stereocenters. The summed E-state index contributed by atoms with van der Waals surface area (Å²) in [6.07, 6.45) is -3.51. The fourth-order valence-electron chi connectivity index (χ4n) is 3.89. The first-order valence-electron chi connectivity index (χ1n) is 11.8. The molecule has 41 heavy (non-hydrogen) atoms. The van der Waals surface area contributed by atoms with Crippen molar-refractivity contribution in [1.82, 2.24) is 20.3 Å². The van der Waals surface area contributed by atoms with E-state index in [-0.39, 0.29) is 11.4 Å². The van der Waals surface area contributed by atoms with Crippen molar-refractivity contribution in [3.63, 3.8) is 0 Å². The number of nitrogens with one attached hydrogen (secondary N) is 4. The molecule has 0 radical (unpaired) electrons. The van der Waals surface area contributed by atoms with Gasteiger partial charge in [0.2, 0.25) is 6.29 Å². The number of alkyl carbamates (subject to hydrolysis) is 1. The summed E-state index contributed by atoms with van der Waals surface area (Å²) in [4.78, 5) is 24.1. The van der Waals surface area contributed by atoms with Gasteiger partial charge in [-0.05, 0) is 54.6 Å². The number of carbonyl (C=O) groups is 2. The number of nitrogens with zero attached hydrogens (tertiary/aromatic N) is 4. The van der Waals surface area contributed by atoms with Crippen LogP contribution in [0.15, 0.2) is 73.1 Å². The van der Waals surface area contributed by atoms with E-state index in [1.54, 1.807) is 30.3 Å². The summed E-state index contributed by atoms with van der Waals surface area (Å²) in [5, 5.41) is 28.8. The zero-order valence-electron chi connectivity index (χ0n) is 21.0. The second-order valence-electron chi connectivity index (χ2n) is 8.49. The maximum Gasteiger partial charge on any atom is 0.416 e. The van der Waals surface area contributed by atoms with Crippen LogP contribution in [0, 0.1) is 0 Å². The maximum atomic E-state index is 13.3. The van der Waals surface area contributed by atoms with E-state index in [0.717, 1.165) is 17.2 Å². The number of carbonyl (C=O) groups excluding carboxylic acids is 2. The Hall–Kier alpha value is -5.51. The molecule has 1 aliphatic rings. The third-order valence-electron chi connectivity index (χ3n) is 5.78. The lowest BCUT2D eigenvalue weighted by Crippen LogP contribution is -2.48. The number of anilines is 4. The maximum absolute atomic E-state index is 13.3. The summed E-state index contributed by atoms with van der Waals surface area (Å²) in [6, 6.07) is 13.1. The van der Waals surface area contributed by atoms with Crippen molar-refractivity contribution in [2.24, 2.45) is 0 Å². The molecule has 1 aromatic heterocycles. The van der Waals surface area contributed by atoms with Crippen LogP contribution in [-0.4, -0.2) is 45.7 Å². The van der Waals surface area contributed by atoms with Crippen molar-refractivity contribution in [2.45, 2.75) is 12.5 Å². The van der Waals surface area contributed by atoms with E-state index in [2.05, 4.69) is 36.3 Å². The first kappa shape index (κ1) is 27.1. The van der Waals surface area contributed by atoms with E-state index in [1.807, 2.05) is 0 Å². The fraction of sp³-hybridized carbons (Fsp3) is 0.120. The Balaban J connectivity index is 1.24. The minimum Gasteiger partial charge on any atom is -0.457 e. The number of methoxy groups -OCH3 is 1. The Morgan fingerprint density at radius 3 is 2.41 bits per heavy atom. The van der Waals surface area contributed by atoms with Crippen molar-refractivity contribution in [3.8, 4) is 17.2 Å². The highest BCUT2D eigenvalue weighted by Crippen LogP contribution is 2.37. The molecular weight excluding hydrogens is 549 g/mol. The molecule has 4 aromatic rings. The minimum absolute atomic E-state index is 0.126. The topological polar surface area (TPSA) is 155 Å². The number of fused-ring (bicyclic) bond motifs is 1. The van der Waals surface area contributed by atoms with Crippen molar-refractivity contribution < 1.29 is 37.4 Å². The molecule has 1 atom stereocenters. The summed E-state index contributed by atoms with van der Waals surface area (Å²) in [5.74, 6) is 0.817. The van der Waals surface area contributed by atoms with Gasteiger partial charge < -0.3 is 25.4 Å². The predicted molar refractivity (Wildman–Crippen MR) is 139 cm³/mol. The summed E-state index contributed by atoms with van der Waals surface area (Å²) < 4.78 is 51.4. The zero-order chi connectivity index (χ0) is 29.1. The number of hydrogen-bond acceptors (Lipinski definition) is 9. The summed E-state index contributed by atoms with van der Waals surface area (Å²) in [7, 11) is 1.20. The number of hydrogen-bond donors (Lipinski definition) is 5. The van der Waals surface area contributed by atoms with Crippen molar-refractivity contribution in [1.29, 1.82) is 0 Å². The quantitative estimate of drug-likeness (QED) is 0.216. The summed E-state index contributed by atoms with van der Waals surface area (Å²) >= 11 is 0. The zero-order valence-corrected chi connectivity index (χ0v) is 21.0. The first-order valence-corrected chi connectivity index (χ1v) is 11.8. The smallest absolute Gasteiger partial charge is 0.416 e. The second kappa shape index (κ2) is 10.9. The van der Waals surface area contributed by atoms with Gasteiger partial charge in [-0.25, -0.2) is 19.3 Å². The molecule has 0 spiro atoms. The lowest BCUT2D eigenvalue weighted by Gasteiger charge is -2.19. The van der Waals surface area contributed by atoms with Crippen LogP contribution in [0.5, 0.6) is 11.5 Å². The van der Waals surface area contributed by atoms with Crippen LogP contribution in [0.1, 0.15) is 5.56 Å². The molecule has 0 bridgehead atoms. The molecule has 0 aliphatic carbocycles. The molecule has 0 fully saturated rings. The molecular formula is C25H21F3N8O5. The number of urea groups is 1. The predicted octanol–water partition coefficient (Wildman–Crippen LogP) is 4.98. The Bertz CT molecular complexity index is 1560. The average molecular weight is 570 g/mol. The molecule has 16 heteroatoms. The van der Waals surface area contributed by atoms with Gasteiger partial charge in [0.1, 0.15) is 11.5 Å². The lowest BCUT2D eigenvalue weighted by molar-refractivity contribution is -0.137. The first-order chi connectivity index (χ1) is 19.6. The molecule has 13 nitrogen and oxygen atoms in total. The van der Waals surface area contributed by atoms with Crippen molar-refractivity contribution in [3.05, 3.63) is 78.6 Å². The van der Waals surface area contributed by atoms with Crippen LogP contribution in [0.2, 0.25) is 0 Å². The van der Waals surface area contributed by atoms with Crippen LogP contribution in [0.4, 0.5) is 45.5 Å². The monoisotopic (exact) mass is 570 g/mol. The molecule has 212 valence electrons. The molecule has 1 aliphatic heterocycles. The number of amides is 3. The SMILES string of the molecule is COC(=O)NC1Nc2cc(Oc3ccc(NC(=O)Nc4cc(C(F)(F)F)ccc4-n4ccnn4)cc3)ccc2N1O. The van der Waals surface area contributed by atoms with Gasteiger partial charge in [-0.3, -0.25) is 10.5 Å². The molecule has 5 rings (SSSR count). The number of rotatable bonds is 6. The van der Waals surface area contributed by atoms with Crippen LogP contribution >= 0.6 is 0 Å². The minimum atomic E-state index is -4.61. The van der Waals surface area contributed by atoms with Crippen molar-refractivity contribution >= 4 is 34.9 Å². The number of halogens is 3. The Morgan fingerprint density at radius 2 is 1.73 bits per heavy atom. The van der Waals surface area contributed by atoms with Gasteiger partial charge in [-0.2, -0.15) is 13.2 Å². The number of benzene rings is 3. The van der Waals surface area contributed by atoms with E-state index in [0.29, 0.717) is 28.6 Å². The highest BCUT2D eigenvalue weighted by atomic mass is 19.4. The van der Waals surface area contributed by atoms with E-state index in [9.17, 15) is 28.0 Å². The lowest BCUT2D eigenvalue weighted by atomic mass is 10.1. The summed E-state index contributed by atoms with van der Waals surface area (Å²) in [5.41, 5.74) is 0.348. The van der Waals surface area contributed by atoms with Gasteiger partial charge in [0, 0.05) is 11.8 Å². The second-order valence-corrected chi connectivity index (χ2v) is 8.49. The molecule has 2 heterocycles. The third-order valence-corrected chi connectivity index (χ3v) is 5.78.